The third kappa shape index (κ3) is 2.67. The van der Waals surface area contributed by atoms with Gasteiger partial charge in [0.15, 0.2) is 0 Å². The largest absolute Gasteiger partial charge is 0.310 e. The van der Waals surface area contributed by atoms with E-state index in [1.165, 1.54) is 29.7 Å². The molecule has 1 aromatic rings. The van der Waals surface area contributed by atoms with Crippen LogP contribution in [0.2, 0.25) is 0 Å². The van der Waals surface area contributed by atoms with Crippen LogP contribution in [-0.2, 0) is 0 Å². The van der Waals surface area contributed by atoms with E-state index in [9.17, 15) is 0 Å². The SMILES string of the molecule is CCNC(c1csc(C)c1)C1CCC(C)C1. The Labute approximate surface area is 103 Å². The van der Waals surface area contributed by atoms with Crippen molar-refractivity contribution in [2.45, 2.75) is 46.1 Å². The van der Waals surface area contributed by atoms with Gasteiger partial charge >= 0.3 is 0 Å². The molecular formula is C14H23NS. The number of rotatable bonds is 4. The highest BCUT2D eigenvalue weighted by molar-refractivity contribution is 7.10. The fraction of sp³-hybridized carbons (Fsp3) is 0.714. The molecule has 1 saturated carbocycles. The molecule has 1 N–H and O–H groups in total. The molecule has 1 nitrogen and oxygen atoms in total. The normalized spacial score (nSPS) is 27.2. The predicted octanol–water partition coefficient (Wildman–Crippen LogP) is 4.14. The van der Waals surface area contributed by atoms with Gasteiger partial charge in [0.2, 0.25) is 0 Å². The minimum atomic E-state index is 0.597. The monoisotopic (exact) mass is 237 g/mol. The van der Waals surface area contributed by atoms with Gasteiger partial charge in [0.25, 0.3) is 0 Å². The maximum Gasteiger partial charge on any atom is 0.0357 e. The Hall–Kier alpha value is -0.340. The van der Waals surface area contributed by atoms with Crippen LogP contribution in [0.15, 0.2) is 11.4 Å². The van der Waals surface area contributed by atoms with Gasteiger partial charge in [-0.05, 0) is 55.2 Å². The van der Waals surface area contributed by atoms with E-state index in [-0.39, 0.29) is 0 Å². The minimum Gasteiger partial charge on any atom is -0.310 e. The number of thiophene rings is 1. The van der Waals surface area contributed by atoms with Crippen molar-refractivity contribution in [3.8, 4) is 0 Å². The van der Waals surface area contributed by atoms with Gasteiger partial charge in [-0.1, -0.05) is 20.3 Å². The minimum absolute atomic E-state index is 0.597. The van der Waals surface area contributed by atoms with Gasteiger partial charge < -0.3 is 5.32 Å². The predicted molar refractivity (Wildman–Crippen MR) is 72.0 cm³/mol. The zero-order chi connectivity index (χ0) is 11.5. The maximum absolute atomic E-state index is 3.68. The van der Waals surface area contributed by atoms with Crippen molar-refractivity contribution in [3.05, 3.63) is 21.9 Å². The van der Waals surface area contributed by atoms with Crippen LogP contribution in [0.1, 0.15) is 49.6 Å². The van der Waals surface area contributed by atoms with Gasteiger partial charge in [0, 0.05) is 10.9 Å². The third-order valence-electron chi connectivity index (χ3n) is 3.74. The summed E-state index contributed by atoms with van der Waals surface area (Å²) in [6.07, 6.45) is 4.20. The standard InChI is InChI=1S/C14H23NS/c1-4-15-14(12-6-5-10(2)7-12)13-8-11(3)16-9-13/h8-10,12,14-15H,4-7H2,1-3H3. The first kappa shape index (κ1) is 12.1. The van der Waals surface area contributed by atoms with Crippen LogP contribution in [0.25, 0.3) is 0 Å². The third-order valence-corrected chi connectivity index (χ3v) is 4.62. The molecule has 2 heteroatoms. The molecule has 3 atom stereocenters. The molecule has 1 heterocycles. The Morgan fingerprint density at radius 3 is 2.81 bits per heavy atom. The summed E-state index contributed by atoms with van der Waals surface area (Å²) in [6.45, 7) is 7.88. The van der Waals surface area contributed by atoms with Crippen LogP contribution >= 0.6 is 11.3 Å². The van der Waals surface area contributed by atoms with Crippen LogP contribution in [-0.4, -0.2) is 6.54 Å². The van der Waals surface area contributed by atoms with Gasteiger partial charge in [-0.25, -0.2) is 0 Å². The van der Waals surface area contributed by atoms with Crippen molar-refractivity contribution in [1.29, 1.82) is 0 Å². The number of hydrogen-bond donors (Lipinski definition) is 1. The number of aryl methyl sites for hydroxylation is 1. The summed E-state index contributed by atoms with van der Waals surface area (Å²) in [4.78, 5) is 1.43. The number of hydrogen-bond acceptors (Lipinski definition) is 2. The van der Waals surface area contributed by atoms with E-state index in [4.69, 9.17) is 0 Å². The van der Waals surface area contributed by atoms with Crippen LogP contribution in [0.3, 0.4) is 0 Å². The lowest BCUT2D eigenvalue weighted by Gasteiger charge is -2.23. The van der Waals surface area contributed by atoms with Crippen LogP contribution in [0, 0.1) is 18.8 Å². The second kappa shape index (κ2) is 5.33. The first-order chi connectivity index (χ1) is 7.70. The van der Waals surface area contributed by atoms with Gasteiger partial charge in [-0.2, -0.15) is 0 Å². The van der Waals surface area contributed by atoms with Crippen molar-refractivity contribution in [1.82, 2.24) is 5.32 Å². The van der Waals surface area contributed by atoms with Crippen LogP contribution in [0.5, 0.6) is 0 Å². The van der Waals surface area contributed by atoms with Crippen molar-refractivity contribution >= 4 is 11.3 Å². The topological polar surface area (TPSA) is 12.0 Å². The summed E-state index contributed by atoms with van der Waals surface area (Å²) in [5, 5.41) is 6.02. The Morgan fingerprint density at radius 1 is 1.50 bits per heavy atom. The second-order valence-corrected chi connectivity index (χ2v) is 6.32. The summed E-state index contributed by atoms with van der Waals surface area (Å²) in [5.74, 6) is 1.77. The molecule has 1 aliphatic carbocycles. The highest BCUT2D eigenvalue weighted by Crippen LogP contribution is 2.39. The van der Waals surface area contributed by atoms with Gasteiger partial charge in [-0.15, -0.1) is 11.3 Å². The fourth-order valence-corrected chi connectivity index (χ4v) is 3.70. The highest BCUT2D eigenvalue weighted by Gasteiger charge is 2.29. The van der Waals surface area contributed by atoms with Crippen LogP contribution in [0.4, 0.5) is 0 Å². The van der Waals surface area contributed by atoms with Gasteiger partial charge in [-0.3, -0.25) is 0 Å². The Morgan fingerprint density at radius 2 is 2.31 bits per heavy atom. The van der Waals surface area contributed by atoms with E-state index in [1.54, 1.807) is 0 Å². The molecule has 16 heavy (non-hydrogen) atoms. The lowest BCUT2D eigenvalue weighted by molar-refractivity contribution is 0.365. The first-order valence-corrected chi connectivity index (χ1v) is 7.37. The molecule has 0 spiro atoms. The molecule has 0 bridgehead atoms. The lowest BCUT2D eigenvalue weighted by atomic mass is 9.92. The summed E-state index contributed by atoms with van der Waals surface area (Å²) in [5.41, 5.74) is 1.52. The summed E-state index contributed by atoms with van der Waals surface area (Å²) in [6, 6.07) is 2.96. The molecular weight excluding hydrogens is 214 g/mol. The molecule has 3 unspecified atom stereocenters. The molecule has 0 aliphatic heterocycles. The maximum atomic E-state index is 3.68. The molecule has 0 radical (unpaired) electrons. The molecule has 90 valence electrons. The van der Waals surface area contributed by atoms with Crippen LogP contribution < -0.4 is 5.32 Å². The molecule has 1 aliphatic rings. The van der Waals surface area contributed by atoms with Crippen molar-refractivity contribution in [3.63, 3.8) is 0 Å². The first-order valence-electron chi connectivity index (χ1n) is 6.49. The van der Waals surface area contributed by atoms with Gasteiger partial charge in [0.1, 0.15) is 0 Å². The molecule has 1 aromatic heterocycles. The van der Waals surface area contributed by atoms with E-state index in [0.29, 0.717) is 6.04 Å². The summed E-state index contributed by atoms with van der Waals surface area (Å²) >= 11 is 1.88. The highest BCUT2D eigenvalue weighted by atomic mass is 32.1. The smallest absolute Gasteiger partial charge is 0.0357 e. The number of nitrogens with one attached hydrogen (secondary N) is 1. The van der Waals surface area contributed by atoms with E-state index < -0.39 is 0 Å². The zero-order valence-electron chi connectivity index (χ0n) is 10.6. The van der Waals surface area contributed by atoms with E-state index in [0.717, 1.165) is 18.4 Å². The quantitative estimate of drug-likeness (QED) is 0.829. The lowest BCUT2D eigenvalue weighted by Crippen LogP contribution is -2.26. The molecule has 2 rings (SSSR count). The summed E-state index contributed by atoms with van der Waals surface area (Å²) in [7, 11) is 0. The zero-order valence-corrected chi connectivity index (χ0v) is 11.4. The Kier molecular flexibility index (Phi) is 4.04. The van der Waals surface area contributed by atoms with E-state index in [2.05, 4.69) is 37.5 Å². The second-order valence-electron chi connectivity index (χ2n) is 5.20. The van der Waals surface area contributed by atoms with E-state index in [1.807, 2.05) is 11.3 Å². The van der Waals surface area contributed by atoms with E-state index >= 15 is 0 Å². The van der Waals surface area contributed by atoms with Crippen molar-refractivity contribution in [2.75, 3.05) is 6.54 Å². The molecule has 0 aromatic carbocycles. The fourth-order valence-electron chi connectivity index (χ4n) is 2.96. The molecule has 0 amide bonds. The average Bonchev–Trinajstić information content (AvgIpc) is 2.84. The van der Waals surface area contributed by atoms with Gasteiger partial charge in [0.05, 0.1) is 0 Å². The average molecular weight is 237 g/mol. The molecule has 0 saturated heterocycles. The molecule has 1 fully saturated rings. The summed E-state index contributed by atoms with van der Waals surface area (Å²) < 4.78 is 0. The van der Waals surface area contributed by atoms with Crippen molar-refractivity contribution < 1.29 is 0 Å². The Balaban J connectivity index is 2.10. The van der Waals surface area contributed by atoms with Crippen molar-refractivity contribution in [2.24, 2.45) is 11.8 Å². The Bertz CT molecular complexity index is 331.